The van der Waals surface area contributed by atoms with Crippen LogP contribution in [-0.2, 0) is 0 Å². The molecular formula is C13H9ClO2S. The van der Waals surface area contributed by atoms with Crippen molar-refractivity contribution in [2.75, 3.05) is 0 Å². The second kappa shape index (κ2) is 5.25. The lowest BCUT2D eigenvalue weighted by Gasteiger charge is -2.00. The zero-order chi connectivity index (χ0) is 12.3. The third-order valence-electron chi connectivity index (χ3n) is 2.26. The van der Waals surface area contributed by atoms with E-state index in [1.54, 1.807) is 36.4 Å². The van der Waals surface area contributed by atoms with Gasteiger partial charge in [0, 0.05) is 10.6 Å². The van der Waals surface area contributed by atoms with Crippen LogP contribution in [0.15, 0.2) is 41.8 Å². The Balaban J connectivity index is 2.10. The molecule has 0 aliphatic heterocycles. The number of thiophene rings is 1. The summed E-state index contributed by atoms with van der Waals surface area (Å²) in [5.74, 6) is -0.351. The fourth-order valence-electron chi connectivity index (χ4n) is 1.43. The molecule has 0 aliphatic rings. The van der Waals surface area contributed by atoms with Gasteiger partial charge in [0.05, 0.1) is 11.3 Å². The number of hydrogen-bond donors (Lipinski definition) is 0. The predicted molar refractivity (Wildman–Crippen MR) is 69.0 cm³/mol. The van der Waals surface area contributed by atoms with Gasteiger partial charge < -0.3 is 0 Å². The molecule has 0 saturated heterocycles. The van der Waals surface area contributed by atoms with Crippen LogP contribution in [0.25, 0.3) is 0 Å². The fraction of sp³-hybridized carbons (Fsp3) is 0.0769. The molecule has 0 atom stereocenters. The average Bonchev–Trinajstić information content (AvgIpc) is 2.82. The van der Waals surface area contributed by atoms with Crippen LogP contribution in [0.2, 0.25) is 5.02 Å². The minimum atomic E-state index is -0.203. The highest BCUT2D eigenvalue weighted by atomic mass is 35.5. The van der Waals surface area contributed by atoms with E-state index in [2.05, 4.69) is 0 Å². The molecule has 0 amide bonds. The first kappa shape index (κ1) is 12.0. The van der Waals surface area contributed by atoms with Gasteiger partial charge in [0.15, 0.2) is 11.6 Å². The maximum Gasteiger partial charge on any atom is 0.180 e. The number of halogens is 1. The van der Waals surface area contributed by atoms with Crippen LogP contribution in [0.5, 0.6) is 0 Å². The molecule has 0 unspecified atom stereocenters. The van der Waals surface area contributed by atoms with Gasteiger partial charge in [-0.2, -0.15) is 0 Å². The molecule has 2 nitrogen and oxygen atoms in total. The van der Waals surface area contributed by atoms with E-state index >= 15 is 0 Å². The zero-order valence-corrected chi connectivity index (χ0v) is 10.4. The number of ketones is 2. The third-order valence-corrected chi connectivity index (χ3v) is 3.41. The number of carbonyl (C=O) groups excluding carboxylic acids is 2. The van der Waals surface area contributed by atoms with E-state index in [1.165, 1.54) is 11.3 Å². The third kappa shape index (κ3) is 3.02. The lowest BCUT2D eigenvalue weighted by atomic mass is 10.1. The Morgan fingerprint density at radius 1 is 1.12 bits per heavy atom. The largest absolute Gasteiger partial charge is 0.294 e. The van der Waals surface area contributed by atoms with Crippen molar-refractivity contribution in [2.45, 2.75) is 6.42 Å². The number of carbonyl (C=O) groups is 2. The van der Waals surface area contributed by atoms with E-state index in [0.717, 1.165) is 0 Å². The zero-order valence-electron chi connectivity index (χ0n) is 8.85. The summed E-state index contributed by atoms with van der Waals surface area (Å²) in [6.45, 7) is 0. The maximum atomic E-state index is 11.8. The van der Waals surface area contributed by atoms with Crippen molar-refractivity contribution >= 4 is 34.5 Å². The van der Waals surface area contributed by atoms with Gasteiger partial charge in [-0.25, -0.2) is 0 Å². The van der Waals surface area contributed by atoms with E-state index in [9.17, 15) is 9.59 Å². The molecule has 0 radical (unpaired) electrons. The van der Waals surface area contributed by atoms with Crippen molar-refractivity contribution in [1.29, 1.82) is 0 Å². The SMILES string of the molecule is O=C(CC(=O)c1cccs1)c1cccc(Cl)c1. The second-order valence-electron chi connectivity index (χ2n) is 3.51. The van der Waals surface area contributed by atoms with Crippen molar-refractivity contribution in [3.05, 3.63) is 57.2 Å². The standard InChI is InChI=1S/C13H9ClO2S/c14-10-4-1-3-9(7-10)11(15)8-12(16)13-5-2-6-17-13/h1-7H,8H2. The minimum Gasteiger partial charge on any atom is -0.294 e. The Kier molecular flexibility index (Phi) is 3.71. The minimum absolute atomic E-state index is 0.110. The van der Waals surface area contributed by atoms with Crippen molar-refractivity contribution in [1.82, 2.24) is 0 Å². The quantitative estimate of drug-likeness (QED) is 0.621. The van der Waals surface area contributed by atoms with E-state index in [1.807, 2.05) is 5.38 Å². The van der Waals surface area contributed by atoms with E-state index in [0.29, 0.717) is 15.5 Å². The van der Waals surface area contributed by atoms with Crippen molar-refractivity contribution < 1.29 is 9.59 Å². The molecule has 2 aromatic rings. The molecule has 0 spiro atoms. The highest BCUT2D eigenvalue weighted by Crippen LogP contribution is 2.16. The Labute approximate surface area is 108 Å². The Morgan fingerprint density at radius 3 is 2.59 bits per heavy atom. The Morgan fingerprint density at radius 2 is 1.94 bits per heavy atom. The summed E-state index contributed by atoms with van der Waals surface area (Å²) in [5, 5.41) is 2.32. The summed E-state index contributed by atoms with van der Waals surface area (Å²) in [5.41, 5.74) is 0.474. The van der Waals surface area contributed by atoms with Crippen LogP contribution in [-0.4, -0.2) is 11.6 Å². The van der Waals surface area contributed by atoms with Gasteiger partial charge in [0.2, 0.25) is 0 Å². The molecule has 2 rings (SSSR count). The van der Waals surface area contributed by atoms with Crippen molar-refractivity contribution in [2.24, 2.45) is 0 Å². The molecule has 0 aliphatic carbocycles. The second-order valence-corrected chi connectivity index (χ2v) is 4.89. The maximum absolute atomic E-state index is 11.8. The summed E-state index contributed by atoms with van der Waals surface area (Å²) in [7, 11) is 0. The average molecular weight is 265 g/mol. The molecule has 0 bridgehead atoms. The van der Waals surface area contributed by atoms with Crippen LogP contribution in [0.3, 0.4) is 0 Å². The summed E-state index contributed by atoms with van der Waals surface area (Å²) >= 11 is 7.13. The highest BCUT2D eigenvalue weighted by Gasteiger charge is 2.14. The monoisotopic (exact) mass is 264 g/mol. The van der Waals surface area contributed by atoms with Crippen LogP contribution in [0.4, 0.5) is 0 Å². The van der Waals surface area contributed by atoms with Gasteiger partial charge in [-0.15, -0.1) is 11.3 Å². The molecule has 1 aromatic carbocycles. The van der Waals surface area contributed by atoms with Crippen LogP contribution < -0.4 is 0 Å². The smallest absolute Gasteiger partial charge is 0.180 e. The van der Waals surface area contributed by atoms with Gasteiger partial charge in [0.1, 0.15) is 0 Å². The van der Waals surface area contributed by atoms with Crippen molar-refractivity contribution in [3.8, 4) is 0 Å². The van der Waals surface area contributed by atoms with E-state index in [-0.39, 0.29) is 18.0 Å². The lowest BCUT2D eigenvalue weighted by Crippen LogP contribution is -2.07. The predicted octanol–water partition coefficient (Wildman–Crippen LogP) is 3.86. The lowest BCUT2D eigenvalue weighted by molar-refractivity contribution is 0.0896. The van der Waals surface area contributed by atoms with Crippen LogP contribution in [0.1, 0.15) is 26.5 Å². The van der Waals surface area contributed by atoms with Gasteiger partial charge in [-0.3, -0.25) is 9.59 Å². The molecule has 1 heterocycles. The topological polar surface area (TPSA) is 34.1 Å². The molecule has 0 saturated carbocycles. The summed E-state index contributed by atoms with van der Waals surface area (Å²) in [4.78, 5) is 24.2. The van der Waals surface area contributed by atoms with Crippen LogP contribution in [0, 0.1) is 0 Å². The molecule has 0 N–H and O–H groups in total. The summed E-state index contributed by atoms with van der Waals surface area (Å²) < 4.78 is 0. The number of Topliss-reactive ketones (excluding diaryl/α,β-unsaturated/α-hetero) is 2. The van der Waals surface area contributed by atoms with Crippen molar-refractivity contribution in [3.63, 3.8) is 0 Å². The van der Waals surface area contributed by atoms with Gasteiger partial charge in [-0.1, -0.05) is 29.8 Å². The number of hydrogen-bond acceptors (Lipinski definition) is 3. The molecule has 17 heavy (non-hydrogen) atoms. The fourth-order valence-corrected chi connectivity index (χ4v) is 2.29. The summed E-state index contributed by atoms with van der Waals surface area (Å²) in [6, 6.07) is 10.1. The number of benzene rings is 1. The molecule has 4 heteroatoms. The molecule has 1 aromatic heterocycles. The van der Waals surface area contributed by atoms with Gasteiger partial charge in [-0.05, 0) is 23.6 Å². The van der Waals surface area contributed by atoms with Crippen LogP contribution >= 0.6 is 22.9 Å². The first-order valence-electron chi connectivity index (χ1n) is 5.02. The molecular weight excluding hydrogens is 256 g/mol. The van der Waals surface area contributed by atoms with Gasteiger partial charge in [0.25, 0.3) is 0 Å². The summed E-state index contributed by atoms with van der Waals surface area (Å²) in [6.07, 6.45) is -0.110. The molecule has 86 valence electrons. The number of rotatable bonds is 4. The van der Waals surface area contributed by atoms with E-state index < -0.39 is 0 Å². The first-order chi connectivity index (χ1) is 8.16. The van der Waals surface area contributed by atoms with E-state index in [4.69, 9.17) is 11.6 Å². The normalized spacial score (nSPS) is 10.2. The Hall–Kier alpha value is -1.45. The van der Waals surface area contributed by atoms with Gasteiger partial charge >= 0.3 is 0 Å². The highest BCUT2D eigenvalue weighted by molar-refractivity contribution is 7.12. The first-order valence-corrected chi connectivity index (χ1v) is 6.28. The molecule has 0 fully saturated rings. The Bertz CT molecular complexity index is 546.